The van der Waals surface area contributed by atoms with Crippen molar-refractivity contribution in [3.05, 3.63) is 0 Å². The summed E-state index contributed by atoms with van der Waals surface area (Å²) in [6, 6.07) is 0.703. The molecule has 0 aromatic carbocycles. The Hall–Kier alpha value is -0.120. The molecule has 1 saturated carbocycles. The van der Waals surface area contributed by atoms with E-state index in [0.717, 1.165) is 12.5 Å². The molecule has 20 heavy (non-hydrogen) atoms. The van der Waals surface area contributed by atoms with Gasteiger partial charge in [-0.2, -0.15) is 0 Å². The van der Waals surface area contributed by atoms with E-state index >= 15 is 0 Å². The Morgan fingerprint density at radius 2 is 1.70 bits per heavy atom. The van der Waals surface area contributed by atoms with E-state index in [1.54, 1.807) is 0 Å². The van der Waals surface area contributed by atoms with Crippen LogP contribution in [0.5, 0.6) is 0 Å². The van der Waals surface area contributed by atoms with E-state index in [-0.39, 0.29) is 0 Å². The van der Waals surface area contributed by atoms with Crippen LogP contribution in [0.2, 0.25) is 0 Å². The lowest BCUT2D eigenvalue weighted by Gasteiger charge is -2.35. The standard InChI is InChI=1S/C17H37N3/c1-5-12-20(14-13-19(3)4)15-17(18-6-2)16-10-8-7-9-11-16/h16-18H,5-15H2,1-4H3. The molecule has 1 aliphatic carbocycles. The smallest absolute Gasteiger partial charge is 0.0223 e. The van der Waals surface area contributed by atoms with E-state index < -0.39 is 0 Å². The van der Waals surface area contributed by atoms with Crippen molar-refractivity contribution < 1.29 is 0 Å². The van der Waals surface area contributed by atoms with Crippen molar-refractivity contribution >= 4 is 0 Å². The molecule has 0 radical (unpaired) electrons. The molecule has 1 atom stereocenters. The van der Waals surface area contributed by atoms with Gasteiger partial charge in [0.05, 0.1) is 0 Å². The van der Waals surface area contributed by atoms with Gasteiger partial charge in [0.2, 0.25) is 0 Å². The van der Waals surface area contributed by atoms with Crippen molar-refractivity contribution in [2.75, 3.05) is 46.8 Å². The van der Waals surface area contributed by atoms with Gasteiger partial charge >= 0.3 is 0 Å². The molecule has 0 aliphatic heterocycles. The molecule has 0 aromatic heterocycles. The van der Waals surface area contributed by atoms with E-state index in [0.29, 0.717) is 6.04 Å². The second-order valence-corrected chi connectivity index (χ2v) is 6.67. The number of nitrogens with zero attached hydrogens (tertiary/aromatic N) is 2. The Bertz CT molecular complexity index is 224. The number of hydrogen-bond acceptors (Lipinski definition) is 3. The lowest BCUT2D eigenvalue weighted by atomic mass is 9.83. The third-order valence-corrected chi connectivity index (χ3v) is 4.54. The maximum absolute atomic E-state index is 3.77. The fourth-order valence-electron chi connectivity index (χ4n) is 3.41. The monoisotopic (exact) mass is 283 g/mol. The Balaban J connectivity index is 2.49. The molecule has 1 N–H and O–H groups in total. The minimum absolute atomic E-state index is 0.703. The molecule has 0 aromatic rings. The summed E-state index contributed by atoms with van der Waals surface area (Å²) in [4.78, 5) is 4.97. The van der Waals surface area contributed by atoms with E-state index in [9.17, 15) is 0 Å². The summed E-state index contributed by atoms with van der Waals surface area (Å²) >= 11 is 0. The average molecular weight is 284 g/mol. The van der Waals surface area contributed by atoms with E-state index in [1.807, 2.05) is 0 Å². The maximum Gasteiger partial charge on any atom is 0.0223 e. The molecular formula is C17H37N3. The lowest BCUT2D eigenvalue weighted by Crippen LogP contribution is -2.47. The first-order valence-corrected chi connectivity index (χ1v) is 8.77. The molecule has 1 fully saturated rings. The van der Waals surface area contributed by atoms with Gasteiger partial charge in [-0.25, -0.2) is 0 Å². The zero-order valence-corrected chi connectivity index (χ0v) is 14.3. The van der Waals surface area contributed by atoms with Crippen molar-refractivity contribution in [2.45, 2.75) is 58.4 Å². The molecule has 120 valence electrons. The second kappa shape index (κ2) is 10.6. The lowest BCUT2D eigenvalue weighted by molar-refractivity contribution is 0.174. The number of likely N-dealkylation sites (N-methyl/N-ethyl adjacent to an activating group) is 2. The highest BCUT2D eigenvalue weighted by Crippen LogP contribution is 2.27. The summed E-state index contributed by atoms with van der Waals surface area (Å²) in [5.74, 6) is 0.905. The van der Waals surface area contributed by atoms with Crippen LogP contribution < -0.4 is 5.32 Å². The maximum atomic E-state index is 3.77. The number of rotatable bonds is 10. The van der Waals surface area contributed by atoms with Crippen molar-refractivity contribution in [2.24, 2.45) is 5.92 Å². The van der Waals surface area contributed by atoms with Gasteiger partial charge in [-0.3, -0.25) is 0 Å². The third-order valence-electron chi connectivity index (χ3n) is 4.54. The van der Waals surface area contributed by atoms with Crippen LogP contribution in [0.3, 0.4) is 0 Å². The summed E-state index contributed by atoms with van der Waals surface area (Å²) in [5.41, 5.74) is 0. The average Bonchev–Trinajstić information content (AvgIpc) is 2.45. The van der Waals surface area contributed by atoms with Gasteiger partial charge in [0.1, 0.15) is 0 Å². The number of hydrogen-bond donors (Lipinski definition) is 1. The molecule has 3 heteroatoms. The van der Waals surface area contributed by atoms with E-state index in [4.69, 9.17) is 0 Å². The highest BCUT2D eigenvalue weighted by Gasteiger charge is 2.24. The molecule has 0 amide bonds. The van der Waals surface area contributed by atoms with E-state index in [1.165, 1.54) is 64.7 Å². The molecule has 1 aliphatic rings. The summed E-state index contributed by atoms with van der Waals surface area (Å²) in [5, 5.41) is 3.77. The fraction of sp³-hybridized carbons (Fsp3) is 1.00. The van der Waals surface area contributed by atoms with Crippen molar-refractivity contribution in [3.8, 4) is 0 Å². The van der Waals surface area contributed by atoms with Gasteiger partial charge < -0.3 is 15.1 Å². The zero-order valence-electron chi connectivity index (χ0n) is 14.3. The SMILES string of the molecule is CCCN(CCN(C)C)CC(NCC)C1CCCCC1. The van der Waals surface area contributed by atoms with Gasteiger partial charge in [0, 0.05) is 25.7 Å². The van der Waals surface area contributed by atoms with Crippen molar-refractivity contribution in [3.63, 3.8) is 0 Å². The third kappa shape index (κ3) is 7.05. The largest absolute Gasteiger partial charge is 0.313 e. The second-order valence-electron chi connectivity index (χ2n) is 6.67. The first-order valence-electron chi connectivity index (χ1n) is 8.77. The summed E-state index contributed by atoms with van der Waals surface area (Å²) < 4.78 is 0. The fourth-order valence-corrected chi connectivity index (χ4v) is 3.41. The van der Waals surface area contributed by atoms with Crippen LogP contribution in [-0.2, 0) is 0 Å². The summed E-state index contributed by atoms with van der Waals surface area (Å²) in [6.07, 6.45) is 8.47. The molecule has 1 unspecified atom stereocenters. The van der Waals surface area contributed by atoms with Gasteiger partial charge in [-0.05, 0) is 52.4 Å². The predicted molar refractivity (Wildman–Crippen MR) is 89.3 cm³/mol. The minimum atomic E-state index is 0.703. The van der Waals surface area contributed by atoms with Crippen LogP contribution in [0.25, 0.3) is 0 Å². The van der Waals surface area contributed by atoms with Gasteiger partial charge in [0.25, 0.3) is 0 Å². The Morgan fingerprint density at radius 3 is 2.25 bits per heavy atom. The van der Waals surface area contributed by atoms with Crippen LogP contribution in [-0.4, -0.2) is 62.7 Å². The van der Waals surface area contributed by atoms with Crippen LogP contribution in [0.1, 0.15) is 52.4 Å². The summed E-state index contributed by atoms with van der Waals surface area (Å²) in [6.45, 7) is 10.5. The Labute approximate surface area is 127 Å². The van der Waals surface area contributed by atoms with Crippen molar-refractivity contribution in [1.29, 1.82) is 0 Å². The topological polar surface area (TPSA) is 18.5 Å². The normalized spacial score (nSPS) is 18.9. The predicted octanol–water partition coefficient (Wildman–Crippen LogP) is 2.82. The molecule has 3 nitrogen and oxygen atoms in total. The van der Waals surface area contributed by atoms with Crippen LogP contribution in [0, 0.1) is 5.92 Å². The minimum Gasteiger partial charge on any atom is -0.313 e. The molecular weight excluding hydrogens is 246 g/mol. The zero-order chi connectivity index (χ0) is 14.8. The highest BCUT2D eigenvalue weighted by atomic mass is 15.2. The van der Waals surface area contributed by atoms with Crippen LogP contribution in [0.15, 0.2) is 0 Å². The molecule has 0 heterocycles. The van der Waals surface area contributed by atoms with Gasteiger partial charge in [0.15, 0.2) is 0 Å². The highest BCUT2D eigenvalue weighted by molar-refractivity contribution is 4.82. The van der Waals surface area contributed by atoms with Gasteiger partial charge in [-0.15, -0.1) is 0 Å². The van der Waals surface area contributed by atoms with Crippen LogP contribution >= 0.6 is 0 Å². The molecule has 0 bridgehead atoms. The number of nitrogens with one attached hydrogen (secondary N) is 1. The molecule has 1 rings (SSSR count). The molecule has 0 spiro atoms. The first kappa shape index (κ1) is 17.9. The van der Waals surface area contributed by atoms with Gasteiger partial charge in [-0.1, -0.05) is 33.1 Å². The quantitative estimate of drug-likeness (QED) is 0.665. The molecule has 0 saturated heterocycles. The first-order chi connectivity index (χ1) is 9.67. The summed E-state index contributed by atoms with van der Waals surface area (Å²) in [7, 11) is 4.35. The van der Waals surface area contributed by atoms with Crippen molar-refractivity contribution in [1.82, 2.24) is 15.1 Å². The van der Waals surface area contributed by atoms with E-state index in [2.05, 4.69) is 43.1 Å². The van der Waals surface area contributed by atoms with Crippen LogP contribution in [0.4, 0.5) is 0 Å². The Kier molecular flexibility index (Phi) is 9.49. The Morgan fingerprint density at radius 1 is 1.00 bits per heavy atom.